The van der Waals surface area contributed by atoms with E-state index >= 15 is 0 Å². The fourth-order valence-corrected chi connectivity index (χ4v) is 3.47. The molecule has 0 heterocycles. The molecule has 1 fully saturated rings. The van der Waals surface area contributed by atoms with Gasteiger partial charge in [-0.15, -0.1) is 0 Å². The second-order valence-corrected chi connectivity index (χ2v) is 6.12. The number of rotatable bonds is 5. The van der Waals surface area contributed by atoms with Crippen LogP contribution in [0.1, 0.15) is 45.1 Å². The molecule has 0 bridgehead atoms. The van der Waals surface area contributed by atoms with E-state index < -0.39 is 23.3 Å². The Morgan fingerprint density at radius 2 is 2.05 bits per heavy atom. The van der Waals surface area contributed by atoms with Crippen LogP contribution < -0.4 is 0 Å². The first-order chi connectivity index (χ1) is 9.98. The van der Waals surface area contributed by atoms with Crippen LogP contribution >= 0.6 is 0 Å². The van der Waals surface area contributed by atoms with Gasteiger partial charge in [0.25, 0.3) is 0 Å². The van der Waals surface area contributed by atoms with E-state index in [0.29, 0.717) is 12.5 Å². The van der Waals surface area contributed by atoms with E-state index in [0.717, 1.165) is 25.7 Å². The van der Waals surface area contributed by atoms with Crippen molar-refractivity contribution in [3.8, 4) is 0 Å². The van der Waals surface area contributed by atoms with E-state index in [4.69, 9.17) is 4.74 Å². The summed E-state index contributed by atoms with van der Waals surface area (Å²) >= 11 is 0. The zero-order valence-electron chi connectivity index (χ0n) is 12.7. The molecule has 2 rings (SSSR count). The normalized spacial score (nSPS) is 27.6. The topological polar surface area (TPSA) is 29.5 Å². The molecule has 3 atom stereocenters. The average molecular weight is 298 g/mol. The molecule has 0 spiro atoms. The SMILES string of the molecule is CCOC1(C(O)Cc2c(F)cccc2F)CCCC(C)C1. The van der Waals surface area contributed by atoms with Gasteiger partial charge in [-0.3, -0.25) is 0 Å². The highest BCUT2D eigenvalue weighted by Gasteiger charge is 2.42. The zero-order chi connectivity index (χ0) is 15.5. The molecule has 1 aromatic rings. The van der Waals surface area contributed by atoms with Crippen molar-refractivity contribution in [2.24, 2.45) is 5.92 Å². The minimum absolute atomic E-state index is 0.0504. The Bertz CT molecular complexity index is 454. The Morgan fingerprint density at radius 1 is 1.38 bits per heavy atom. The van der Waals surface area contributed by atoms with Crippen molar-refractivity contribution in [2.45, 2.75) is 57.7 Å². The van der Waals surface area contributed by atoms with Gasteiger partial charge in [0.1, 0.15) is 11.6 Å². The van der Waals surface area contributed by atoms with Crippen LogP contribution in [0.3, 0.4) is 0 Å². The lowest BCUT2D eigenvalue weighted by atomic mass is 9.74. The molecule has 118 valence electrons. The van der Waals surface area contributed by atoms with Crippen molar-refractivity contribution in [1.82, 2.24) is 0 Å². The van der Waals surface area contributed by atoms with E-state index in [1.165, 1.54) is 18.2 Å². The van der Waals surface area contributed by atoms with E-state index in [-0.39, 0.29) is 12.0 Å². The summed E-state index contributed by atoms with van der Waals surface area (Å²) < 4.78 is 33.4. The van der Waals surface area contributed by atoms with Crippen molar-refractivity contribution in [2.75, 3.05) is 6.61 Å². The number of benzene rings is 1. The minimum atomic E-state index is -0.897. The van der Waals surface area contributed by atoms with Crippen LogP contribution in [0.5, 0.6) is 0 Å². The molecule has 0 amide bonds. The standard InChI is InChI=1S/C17H24F2O2/c1-3-21-17(9-5-6-12(2)11-17)16(20)10-13-14(18)7-4-8-15(13)19/h4,7-8,12,16,20H,3,5-6,9-11H2,1-2H3. The number of halogens is 2. The van der Waals surface area contributed by atoms with E-state index in [1.807, 2.05) is 6.92 Å². The summed E-state index contributed by atoms with van der Waals surface area (Å²) in [5, 5.41) is 10.6. The third-order valence-corrected chi connectivity index (χ3v) is 4.49. The molecular weight excluding hydrogens is 274 g/mol. The van der Waals surface area contributed by atoms with Gasteiger partial charge in [-0.1, -0.05) is 25.8 Å². The van der Waals surface area contributed by atoms with Crippen molar-refractivity contribution in [3.63, 3.8) is 0 Å². The summed E-state index contributed by atoms with van der Waals surface area (Å²) in [6.45, 7) is 4.50. The largest absolute Gasteiger partial charge is 0.390 e. The van der Waals surface area contributed by atoms with Crippen LogP contribution in [-0.4, -0.2) is 23.4 Å². The van der Waals surface area contributed by atoms with E-state index in [9.17, 15) is 13.9 Å². The van der Waals surface area contributed by atoms with Gasteiger partial charge in [0.15, 0.2) is 0 Å². The lowest BCUT2D eigenvalue weighted by Gasteiger charge is -2.43. The summed E-state index contributed by atoms with van der Waals surface area (Å²) in [6.07, 6.45) is 2.60. The summed E-state index contributed by atoms with van der Waals surface area (Å²) in [7, 11) is 0. The number of hydrogen-bond donors (Lipinski definition) is 1. The number of hydrogen-bond acceptors (Lipinski definition) is 2. The molecule has 1 aromatic carbocycles. The van der Waals surface area contributed by atoms with Crippen molar-refractivity contribution >= 4 is 0 Å². The highest BCUT2D eigenvalue weighted by Crippen LogP contribution is 2.39. The predicted molar refractivity (Wildman–Crippen MR) is 78.1 cm³/mol. The summed E-state index contributed by atoms with van der Waals surface area (Å²) in [5.74, 6) is -0.764. The van der Waals surface area contributed by atoms with Gasteiger partial charge in [0, 0.05) is 18.6 Å². The molecule has 21 heavy (non-hydrogen) atoms. The quantitative estimate of drug-likeness (QED) is 0.894. The van der Waals surface area contributed by atoms with Crippen molar-refractivity contribution < 1.29 is 18.6 Å². The van der Waals surface area contributed by atoms with Gasteiger partial charge in [-0.2, -0.15) is 0 Å². The number of aliphatic hydroxyl groups excluding tert-OH is 1. The molecule has 0 radical (unpaired) electrons. The van der Waals surface area contributed by atoms with Gasteiger partial charge in [0.05, 0.1) is 11.7 Å². The number of aliphatic hydroxyl groups is 1. The van der Waals surface area contributed by atoms with Crippen LogP contribution in [0.25, 0.3) is 0 Å². The Kier molecular flexibility index (Phi) is 5.33. The molecule has 0 saturated heterocycles. The fourth-order valence-electron chi connectivity index (χ4n) is 3.47. The molecule has 0 aliphatic heterocycles. The van der Waals surface area contributed by atoms with Gasteiger partial charge in [-0.25, -0.2) is 8.78 Å². The Labute approximate surface area is 125 Å². The summed E-state index contributed by atoms with van der Waals surface area (Å²) in [5.41, 5.74) is -0.733. The Morgan fingerprint density at radius 3 is 2.62 bits per heavy atom. The van der Waals surface area contributed by atoms with Gasteiger partial charge in [-0.05, 0) is 37.8 Å². The van der Waals surface area contributed by atoms with Crippen LogP contribution in [0.4, 0.5) is 8.78 Å². The molecule has 4 heteroatoms. The maximum absolute atomic E-state index is 13.8. The first-order valence-corrected chi connectivity index (χ1v) is 7.73. The minimum Gasteiger partial charge on any atom is -0.390 e. The Balaban J connectivity index is 2.21. The van der Waals surface area contributed by atoms with Crippen molar-refractivity contribution in [1.29, 1.82) is 0 Å². The molecular formula is C17H24F2O2. The molecule has 3 unspecified atom stereocenters. The first kappa shape index (κ1) is 16.4. The van der Waals surface area contributed by atoms with Gasteiger partial charge < -0.3 is 9.84 Å². The lowest BCUT2D eigenvalue weighted by molar-refractivity contribution is -0.147. The molecule has 1 aliphatic carbocycles. The average Bonchev–Trinajstić information content (AvgIpc) is 2.43. The lowest BCUT2D eigenvalue weighted by Crippen LogP contribution is -2.49. The first-order valence-electron chi connectivity index (χ1n) is 7.73. The van der Waals surface area contributed by atoms with Gasteiger partial charge >= 0.3 is 0 Å². The molecule has 0 aromatic heterocycles. The smallest absolute Gasteiger partial charge is 0.129 e. The van der Waals surface area contributed by atoms with E-state index in [2.05, 4.69) is 6.92 Å². The number of ether oxygens (including phenoxy) is 1. The van der Waals surface area contributed by atoms with Crippen LogP contribution in [-0.2, 0) is 11.2 Å². The fraction of sp³-hybridized carbons (Fsp3) is 0.647. The Hall–Kier alpha value is -1.00. The monoisotopic (exact) mass is 298 g/mol. The van der Waals surface area contributed by atoms with Gasteiger partial charge in [0.2, 0.25) is 0 Å². The maximum atomic E-state index is 13.8. The maximum Gasteiger partial charge on any atom is 0.129 e. The van der Waals surface area contributed by atoms with Crippen LogP contribution in [0.15, 0.2) is 18.2 Å². The third-order valence-electron chi connectivity index (χ3n) is 4.49. The highest BCUT2D eigenvalue weighted by molar-refractivity contribution is 5.21. The van der Waals surface area contributed by atoms with E-state index in [1.54, 1.807) is 0 Å². The second kappa shape index (κ2) is 6.84. The molecule has 1 aliphatic rings. The summed E-state index contributed by atoms with van der Waals surface area (Å²) in [4.78, 5) is 0. The van der Waals surface area contributed by atoms with Crippen molar-refractivity contribution in [3.05, 3.63) is 35.4 Å². The molecule has 1 saturated carbocycles. The van der Waals surface area contributed by atoms with Crippen LogP contribution in [0.2, 0.25) is 0 Å². The molecule has 1 N–H and O–H groups in total. The molecule has 2 nitrogen and oxygen atoms in total. The predicted octanol–water partition coefficient (Wildman–Crippen LogP) is 3.85. The third kappa shape index (κ3) is 3.61. The summed E-state index contributed by atoms with van der Waals surface area (Å²) in [6, 6.07) is 3.78. The zero-order valence-corrected chi connectivity index (χ0v) is 12.7. The second-order valence-electron chi connectivity index (χ2n) is 6.12. The highest BCUT2D eigenvalue weighted by atomic mass is 19.1. The van der Waals surface area contributed by atoms with Crippen LogP contribution in [0, 0.1) is 17.6 Å².